The zero-order valence-electron chi connectivity index (χ0n) is 7.56. The lowest BCUT2D eigenvalue weighted by Gasteiger charge is -2.06. The molecule has 0 amide bonds. The minimum absolute atomic E-state index is 0.263. The van der Waals surface area contributed by atoms with Gasteiger partial charge in [-0.15, -0.1) is 11.3 Å². The number of hydrogen-bond donors (Lipinski definition) is 2. The Hall–Kier alpha value is -0.260. The van der Waals surface area contributed by atoms with E-state index in [1.165, 1.54) is 16.2 Å². The van der Waals surface area contributed by atoms with Gasteiger partial charge in [0.15, 0.2) is 5.13 Å². The molecule has 0 spiro atoms. The van der Waals surface area contributed by atoms with Crippen molar-refractivity contribution in [3.05, 3.63) is 11.1 Å². The Morgan fingerprint density at radius 1 is 1.77 bits per heavy atom. The highest BCUT2D eigenvalue weighted by molar-refractivity contribution is 7.99. The summed E-state index contributed by atoms with van der Waals surface area (Å²) < 4.78 is 0. The molecule has 1 rings (SSSR count). The number of aliphatic hydroxyl groups excluding tert-OH is 1. The first-order valence-corrected chi connectivity index (χ1v) is 6.01. The molecule has 1 aromatic heterocycles. The molecule has 1 unspecified atom stereocenters. The van der Waals surface area contributed by atoms with E-state index in [0.29, 0.717) is 10.4 Å². The van der Waals surface area contributed by atoms with Gasteiger partial charge in [-0.2, -0.15) is 11.8 Å². The van der Waals surface area contributed by atoms with Crippen molar-refractivity contribution in [1.29, 1.82) is 0 Å². The molecule has 0 aliphatic rings. The van der Waals surface area contributed by atoms with Gasteiger partial charge in [-0.3, -0.25) is 0 Å². The molecule has 0 aromatic carbocycles. The van der Waals surface area contributed by atoms with Gasteiger partial charge in [0.25, 0.3) is 0 Å². The molecule has 3 N–H and O–H groups in total. The number of rotatable bonds is 5. The second kappa shape index (κ2) is 5.47. The van der Waals surface area contributed by atoms with Crippen LogP contribution in [0.5, 0.6) is 0 Å². The monoisotopic (exact) mass is 218 g/mol. The van der Waals surface area contributed by atoms with Crippen LogP contribution in [0.25, 0.3) is 0 Å². The largest absolute Gasteiger partial charge is 0.396 e. The Labute approximate surface area is 86.4 Å². The quantitative estimate of drug-likeness (QED) is 0.790. The fourth-order valence-electron chi connectivity index (χ4n) is 0.879. The topological polar surface area (TPSA) is 59.1 Å². The number of nitrogens with zero attached hydrogens (tertiary/aromatic N) is 1. The lowest BCUT2D eigenvalue weighted by atomic mass is 10.3. The van der Waals surface area contributed by atoms with Crippen LogP contribution in [0.3, 0.4) is 0 Å². The van der Waals surface area contributed by atoms with Crippen molar-refractivity contribution in [1.82, 2.24) is 4.98 Å². The van der Waals surface area contributed by atoms with Gasteiger partial charge in [-0.25, -0.2) is 4.98 Å². The van der Waals surface area contributed by atoms with Crippen molar-refractivity contribution in [3.8, 4) is 0 Å². The van der Waals surface area contributed by atoms with Crippen molar-refractivity contribution in [2.45, 2.75) is 24.3 Å². The molecular formula is C8H14N2OS2. The normalized spacial score (nSPS) is 13.1. The highest BCUT2D eigenvalue weighted by Gasteiger charge is 2.04. The highest BCUT2D eigenvalue weighted by atomic mass is 32.2. The predicted molar refractivity (Wildman–Crippen MR) is 59.0 cm³/mol. The maximum absolute atomic E-state index is 8.69. The molecule has 0 aliphatic heterocycles. The van der Waals surface area contributed by atoms with E-state index in [1.54, 1.807) is 0 Å². The van der Waals surface area contributed by atoms with Gasteiger partial charge in [0.1, 0.15) is 0 Å². The number of thioether (sulfide) groups is 1. The van der Waals surface area contributed by atoms with Crippen molar-refractivity contribution >= 4 is 28.2 Å². The number of aliphatic hydroxyl groups is 1. The first-order valence-electron chi connectivity index (χ1n) is 4.15. The Morgan fingerprint density at radius 3 is 3.08 bits per heavy atom. The third kappa shape index (κ3) is 3.97. The van der Waals surface area contributed by atoms with Gasteiger partial charge < -0.3 is 10.8 Å². The number of anilines is 1. The lowest BCUT2D eigenvalue weighted by molar-refractivity contribution is 0.289. The molecule has 0 radical (unpaired) electrons. The number of thiazole rings is 1. The van der Waals surface area contributed by atoms with E-state index in [-0.39, 0.29) is 6.61 Å². The predicted octanol–water partition coefficient (Wildman–Crippen LogP) is 1.73. The van der Waals surface area contributed by atoms with Crippen molar-refractivity contribution in [2.75, 3.05) is 12.3 Å². The van der Waals surface area contributed by atoms with Gasteiger partial charge in [-0.05, 0) is 6.42 Å². The standard InChI is InChI=1S/C8H14N2OS2/c1-6(2-3-11)12-5-7-4-10-8(9)13-7/h4,6,11H,2-3,5H2,1H3,(H2,9,10). The molecule has 0 aliphatic carbocycles. The Morgan fingerprint density at radius 2 is 2.54 bits per heavy atom. The third-order valence-electron chi connectivity index (χ3n) is 1.62. The number of aromatic nitrogens is 1. The number of nitrogens with two attached hydrogens (primary N) is 1. The minimum atomic E-state index is 0.263. The first-order chi connectivity index (χ1) is 6.22. The summed E-state index contributed by atoms with van der Waals surface area (Å²) in [5, 5.41) is 9.82. The number of nitrogen functional groups attached to an aromatic ring is 1. The molecule has 0 bridgehead atoms. The molecule has 74 valence electrons. The minimum Gasteiger partial charge on any atom is -0.396 e. The SMILES string of the molecule is CC(CCO)SCc1cnc(N)s1. The first kappa shape index (κ1) is 10.8. The fraction of sp³-hybridized carbons (Fsp3) is 0.625. The van der Waals surface area contributed by atoms with Gasteiger partial charge in [0.2, 0.25) is 0 Å². The summed E-state index contributed by atoms with van der Waals surface area (Å²) in [5.74, 6) is 0.941. The molecule has 1 atom stereocenters. The van der Waals surface area contributed by atoms with Gasteiger partial charge >= 0.3 is 0 Å². The molecule has 0 saturated heterocycles. The van der Waals surface area contributed by atoms with Crippen molar-refractivity contribution < 1.29 is 5.11 Å². The van der Waals surface area contributed by atoms with Gasteiger partial charge in [0, 0.05) is 28.7 Å². The smallest absolute Gasteiger partial charge is 0.180 e. The van der Waals surface area contributed by atoms with Crippen LogP contribution in [-0.2, 0) is 5.75 Å². The van der Waals surface area contributed by atoms with Crippen molar-refractivity contribution in [3.63, 3.8) is 0 Å². The van der Waals surface area contributed by atoms with E-state index in [2.05, 4.69) is 11.9 Å². The second-order valence-corrected chi connectivity index (χ2v) is 5.37. The van der Waals surface area contributed by atoms with Crippen LogP contribution in [0.15, 0.2) is 6.20 Å². The Kier molecular flexibility index (Phi) is 4.55. The zero-order chi connectivity index (χ0) is 9.68. The summed E-state index contributed by atoms with van der Waals surface area (Å²) in [5.41, 5.74) is 5.50. The summed E-state index contributed by atoms with van der Waals surface area (Å²) in [6.07, 6.45) is 2.66. The summed E-state index contributed by atoms with van der Waals surface area (Å²) in [6.45, 7) is 2.38. The summed E-state index contributed by atoms with van der Waals surface area (Å²) in [4.78, 5) is 5.18. The molecule has 0 fully saturated rings. The van der Waals surface area contributed by atoms with E-state index in [4.69, 9.17) is 10.8 Å². The molecule has 3 nitrogen and oxygen atoms in total. The van der Waals surface area contributed by atoms with E-state index in [0.717, 1.165) is 12.2 Å². The van der Waals surface area contributed by atoms with E-state index in [9.17, 15) is 0 Å². The van der Waals surface area contributed by atoms with Crippen LogP contribution in [0.1, 0.15) is 18.2 Å². The second-order valence-electron chi connectivity index (χ2n) is 2.80. The molecular weight excluding hydrogens is 204 g/mol. The van der Waals surface area contributed by atoms with Gasteiger partial charge in [-0.1, -0.05) is 6.92 Å². The van der Waals surface area contributed by atoms with E-state index >= 15 is 0 Å². The van der Waals surface area contributed by atoms with E-state index < -0.39 is 0 Å². The molecule has 13 heavy (non-hydrogen) atoms. The van der Waals surface area contributed by atoms with Crippen LogP contribution >= 0.6 is 23.1 Å². The summed E-state index contributed by atoms with van der Waals surface area (Å²) in [7, 11) is 0. The molecule has 1 aromatic rings. The van der Waals surface area contributed by atoms with Crippen molar-refractivity contribution in [2.24, 2.45) is 0 Å². The Bertz CT molecular complexity index is 252. The van der Waals surface area contributed by atoms with Gasteiger partial charge in [0.05, 0.1) is 0 Å². The Balaban J connectivity index is 2.26. The molecule has 1 heterocycles. The fourth-order valence-corrected chi connectivity index (χ4v) is 2.59. The van der Waals surface area contributed by atoms with Crippen LogP contribution in [0.2, 0.25) is 0 Å². The summed E-state index contributed by atoms with van der Waals surface area (Å²) in [6, 6.07) is 0. The van der Waals surface area contributed by atoms with Crippen LogP contribution in [-0.4, -0.2) is 21.9 Å². The maximum atomic E-state index is 8.69. The van der Waals surface area contributed by atoms with Crippen LogP contribution in [0.4, 0.5) is 5.13 Å². The van der Waals surface area contributed by atoms with Crippen LogP contribution in [0, 0.1) is 0 Å². The molecule has 5 heteroatoms. The third-order valence-corrected chi connectivity index (χ3v) is 3.91. The maximum Gasteiger partial charge on any atom is 0.180 e. The number of hydrogen-bond acceptors (Lipinski definition) is 5. The summed E-state index contributed by atoms with van der Waals surface area (Å²) >= 11 is 3.35. The lowest BCUT2D eigenvalue weighted by Crippen LogP contribution is -1.99. The zero-order valence-corrected chi connectivity index (χ0v) is 9.20. The highest BCUT2D eigenvalue weighted by Crippen LogP contribution is 2.24. The van der Waals surface area contributed by atoms with Crippen LogP contribution < -0.4 is 5.73 Å². The molecule has 0 saturated carbocycles. The average Bonchev–Trinajstić information content (AvgIpc) is 2.49. The van der Waals surface area contributed by atoms with E-state index in [1.807, 2.05) is 18.0 Å². The average molecular weight is 218 g/mol.